The van der Waals surface area contributed by atoms with Crippen molar-refractivity contribution in [3.05, 3.63) is 65.3 Å². The molecule has 0 atom stereocenters. The lowest BCUT2D eigenvalue weighted by Crippen LogP contribution is -2.23. The Balaban J connectivity index is 1.91. The number of rotatable bonds is 4. The summed E-state index contributed by atoms with van der Waals surface area (Å²) in [6.07, 6.45) is 3.32. The molecular formula is C16H15ClN2O2. The number of carbonyl (C=O) groups excluding carboxylic acids is 1. The van der Waals surface area contributed by atoms with Gasteiger partial charge in [0.1, 0.15) is 5.75 Å². The third kappa shape index (κ3) is 4.54. The Morgan fingerprint density at radius 1 is 1.14 bits per heavy atom. The molecule has 0 bridgehead atoms. The SMILES string of the molecule is COc1ccccc1/C=C/NC(=O)Nc1ccc(Cl)cc1. The van der Waals surface area contributed by atoms with Crippen LogP contribution < -0.4 is 15.4 Å². The molecule has 0 aliphatic rings. The monoisotopic (exact) mass is 302 g/mol. The Morgan fingerprint density at radius 2 is 1.86 bits per heavy atom. The Labute approximate surface area is 128 Å². The van der Waals surface area contributed by atoms with E-state index in [0.29, 0.717) is 10.7 Å². The molecule has 0 saturated carbocycles. The number of para-hydroxylation sites is 1. The number of amides is 2. The number of hydrogen-bond acceptors (Lipinski definition) is 2. The zero-order chi connectivity index (χ0) is 15.1. The minimum atomic E-state index is -0.330. The van der Waals surface area contributed by atoms with Crippen LogP contribution in [0.15, 0.2) is 54.7 Å². The first-order valence-corrected chi connectivity index (χ1v) is 6.69. The molecule has 21 heavy (non-hydrogen) atoms. The van der Waals surface area contributed by atoms with Crippen LogP contribution in [-0.2, 0) is 0 Å². The van der Waals surface area contributed by atoms with Gasteiger partial charge in [0.25, 0.3) is 0 Å². The highest BCUT2D eigenvalue weighted by atomic mass is 35.5. The summed E-state index contributed by atoms with van der Waals surface area (Å²) < 4.78 is 5.22. The fraction of sp³-hybridized carbons (Fsp3) is 0.0625. The van der Waals surface area contributed by atoms with Gasteiger partial charge in [-0.15, -0.1) is 0 Å². The van der Waals surface area contributed by atoms with Crippen molar-refractivity contribution in [1.82, 2.24) is 5.32 Å². The summed E-state index contributed by atoms with van der Waals surface area (Å²) in [7, 11) is 1.60. The topological polar surface area (TPSA) is 50.4 Å². The van der Waals surface area contributed by atoms with Gasteiger partial charge in [0.05, 0.1) is 7.11 Å². The Hall–Kier alpha value is -2.46. The average Bonchev–Trinajstić information content (AvgIpc) is 2.50. The predicted molar refractivity (Wildman–Crippen MR) is 85.6 cm³/mol. The number of halogens is 1. The van der Waals surface area contributed by atoms with Crippen molar-refractivity contribution in [2.24, 2.45) is 0 Å². The highest BCUT2D eigenvalue weighted by Crippen LogP contribution is 2.18. The molecule has 0 saturated heterocycles. The molecule has 5 heteroatoms. The third-order valence-corrected chi connectivity index (χ3v) is 2.97. The van der Waals surface area contributed by atoms with E-state index in [9.17, 15) is 4.79 Å². The van der Waals surface area contributed by atoms with Crippen molar-refractivity contribution >= 4 is 29.4 Å². The number of carbonyl (C=O) groups is 1. The van der Waals surface area contributed by atoms with E-state index in [1.165, 1.54) is 0 Å². The minimum absolute atomic E-state index is 0.330. The van der Waals surface area contributed by atoms with Crippen LogP contribution in [0.25, 0.3) is 6.08 Å². The lowest BCUT2D eigenvalue weighted by Gasteiger charge is -2.05. The molecule has 0 aromatic heterocycles. The Kier molecular flexibility index (Phi) is 5.23. The van der Waals surface area contributed by atoms with Crippen LogP contribution in [-0.4, -0.2) is 13.1 Å². The van der Waals surface area contributed by atoms with Crippen molar-refractivity contribution in [3.63, 3.8) is 0 Å². The van der Waals surface area contributed by atoms with Crippen LogP contribution in [0, 0.1) is 0 Å². The summed E-state index contributed by atoms with van der Waals surface area (Å²) in [4.78, 5) is 11.7. The Bertz CT molecular complexity index is 639. The molecule has 0 unspecified atom stereocenters. The third-order valence-electron chi connectivity index (χ3n) is 2.72. The van der Waals surface area contributed by atoms with E-state index in [2.05, 4.69) is 10.6 Å². The highest BCUT2D eigenvalue weighted by molar-refractivity contribution is 6.30. The van der Waals surface area contributed by atoms with Gasteiger partial charge in [-0.25, -0.2) is 4.79 Å². The van der Waals surface area contributed by atoms with Crippen LogP contribution >= 0.6 is 11.6 Å². The zero-order valence-corrected chi connectivity index (χ0v) is 12.2. The second kappa shape index (κ2) is 7.36. The van der Waals surface area contributed by atoms with Crippen molar-refractivity contribution < 1.29 is 9.53 Å². The summed E-state index contributed by atoms with van der Waals surface area (Å²) >= 11 is 5.78. The standard InChI is InChI=1S/C16H15ClN2O2/c1-21-15-5-3-2-4-12(15)10-11-18-16(20)19-14-8-6-13(17)7-9-14/h2-11H,1H3,(H2,18,19,20)/b11-10+. The molecule has 2 amide bonds. The minimum Gasteiger partial charge on any atom is -0.496 e. The molecule has 2 N–H and O–H groups in total. The van der Waals surface area contributed by atoms with Crippen LogP contribution in [0.1, 0.15) is 5.56 Å². The molecule has 0 spiro atoms. The van der Waals surface area contributed by atoms with Crippen LogP contribution in [0.3, 0.4) is 0 Å². The maximum atomic E-state index is 11.7. The quantitative estimate of drug-likeness (QED) is 0.891. The predicted octanol–water partition coefficient (Wildman–Crippen LogP) is 4.14. The summed E-state index contributed by atoms with van der Waals surface area (Å²) in [6.45, 7) is 0. The van der Waals surface area contributed by atoms with Crippen molar-refractivity contribution in [2.45, 2.75) is 0 Å². The van der Waals surface area contributed by atoms with Gasteiger partial charge in [0, 0.05) is 22.5 Å². The van der Waals surface area contributed by atoms with E-state index in [0.717, 1.165) is 11.3 Å². The molecule has 0 fully saturated rings. The van der Waals surface area contributed by atoms with E-state index in [1.54, 1.807) is 43.7 Å². The smallest absolute Gasteiger partial charge is 0.323 e. The van der Waals surface area contributed by atoms with Crippen molar-refractivity contribution in [2.75, 3.05) is 12.4 Å². The molecular weight excluding hydrogens is 288 g/mol. The summed E-state index contributed by atoms with van der Waals surface area (Å²) in [5.74, 6) is 0.744. The van der Waals surface area contributed by atoms with E-state index < -0.39 is 0 Å². The molecule has 108 valence electrons. The number of hydrogen-bond donors (Lipinski definition) is 2. The van der Waals surface area contributed by atoms with Crippen molar-refractivity contribution in [1.29, 1.82) is 0 Å². The molecule has 0 aliphatic heterocycles. The molecule has 0 aliphatic carbocycles. The maximum Gasteiger partial charge on any atom is 0.323 e. The maximum absolute atomic E-state index is 11.7. The van der Waals surface area contributed by atoms with Gasteiger partial charge in [-0.1, -0.05) is 29.8 Å². The molecule has 4 nitrogen and oxygen atoms in total. The fourth-order valence-corrected chi connectivity index (χ4v) is 1.84. The first-order valence-electron chi connectivity index (χ1n) is 6.31. The second-order valence-corrected chi connectivity index (χ2v) is 4.62. The largest absolute Gasteiger partial charge is 0.496 e. The normalized spacial score (nSPS) is 10.4. The summed E-state index contributed by atoms with van der Waals surface area (Å²) in [5.41, 5.74) is 1.55. The lowest BCUT2D eigenvalue weighted by molar-refractivity contribution is 0.255. The number of methoxy groups -OCH3 is 1. The van der Waals surface area contributed by atoms with Crippen LogP contribution in [0.4, 0.5) is 10.5 Å². The number of urea groups is 1. The molecule has 0 radical (unpaired) electrons. The van der Waals surface area contributed by atoms with Crippen LogP contribution in [0.5, 0.6) is 5.75 Å². The first kappa shape index (κ1) is 14.9. The van der Waals surface area contributed by atoms with Gasteiger partial charge in [0.2, 0.25) is 0 Å². The molecule has 2 rings (SSSR count). The van der Waals surface area contributed by atoms with Gasteiger partial charge < -0.3 is 15.4 Å². The number of benzene rings is 2. The molecule has 0 heterocycles. The lowest BCUT2D eigenvalue weighted by atomic mass is 10.2. The number of ether oxygens (including phenoxy) is 1. The fourth-order valence-electron chi connectivity index (χ4n) is 1.71. The highest BCUT2D eigenvalue weighted by Gasteiger charge is 2.00. The van der Waals surface area contributed by atoms with Gasteiger partial charge >= 0.3 is 6.03 Å². The first-order chi connectivity index (χ1) is 10.2. The van der Waals surface area contributed by atoms with E-state index in [1.807, 2.05) is 24.3 Å². The number of nitrogens with one attached hydrogen (secondary N) is 2. The van der Waals surface area contributed by atoms with Crippen molar-refractivity contribution in [3.8, 4) is 5.75 Å². The van der Waals surface area contributed by atoms with E-state index >= 15 is 0 Å². The van der Waals surface area contributed by atoms with Gasteiger partial charge in [0.15, 0.2) is 0 Å². The summed E-state index contributed by atoms with van der Waals surface area (Å²) in [6, 6.07) is 14.1. The molecule has 2 aromatic carbocycles. The Morgan fingerprint density at radius 3 is 2.57 bits per heavy atom. The van der Waals surface area contributed by atoms with Gasteiger partial charge in [-0.3, -0.25) is 0 Å². The van der Waals surface area contributed by atoms with E-state index in [4.69, 9.17) is 16.3 Å². The second-order valence-electron chi connectivity index (χ2n) is 4.18. The number of anilines is 1. The zero-order valence-electron chi connectivity index (χ0n) is 11.5. The molecule has 2 aromatic rings. The van der Waals surface area contributed by atoms with Gasteiger partial charge in [-0.05, 0) is 36.4 Å². The van der Waals surface area contributed by atoms with Crippen LogP contribution in [0.2, 0.25) is 5.02 Å². The van der Waals surface area contributed by atoms with Gasteiger partial charge in [-0.2, -0.15) is 0 Å². The average molecular weight is 303 g/mol. The van der Waals surface area contributed by atoms with E-state index in [-0.39, 0.29) is 6.03 Å². The summed E-state index contributed by atoms with van der Waals surface area (Å²) in [5, 5.41) is 5.94.